The number of pyridine rings is 1. The highest BCUT2D eigenvalue weighted by molar-refractivity contribution is 6.01. The number of Topliss-reactive ketones (excluding diaryl/α,β-unsaturated/α-hetero) is 1. The largest absolute Gasteiger partial charge is 0.465 e. The van der Waals surface area contributed by atoms with E-state index in [4.69, 9.17) is 9.47 Å². The van der Waals surface area contributed by atoms with Gasteiger partial charge in [-0.15, -0.1) is 0 Å². The van der Waals surface area contributed by atoms with Crippen LogP contribution in [0.2, 0.25) is 0 Å². The van der Waals surface area contributed by atoms with Crippen LogP contribution in [0.5, 0.6) is 0 Å². The zero-order valence-corrected chi connectivity index (χ0v) is 19.6. The van der Waals surface area contributed by atoms with E-state index in [1.165, 1.54) is 13.3 Å². The third kappa shape index (κ3) is 4.07. The number of esters is 2. The number of carbonyl (C=O) groups excluding carboxylic acids is 3. The second-order valence-corrected chi connectivity index (χ2v) is 7.96. The first-order valence-electron chi connectivity index (χ1n) is 10.6. The highest BCUT2D eigenvalue weighted by Crippen LogP contribution is 2.22. The maximum Gasteiger partial charge on any atom is 0.340 e. The minimum Gasteiger partial charge on any atom is -0.465 e. The normalized spacial score (nSPS) is 11.0. The molecule has 1 aromatic carbocycles. The van der Waals surface area contributed by atoms with Gasteiger partial charge in [0.1, 0.15) is 0 Å². The van der Waals surface area contributed by atoms with Crippen LogP contribution in [-0.2, 0) is 16.5 Å². The summed E-state index contributed by atoms with van der Waals surface area (Å²) in [5, 5.41) is 5.04. The smallest absolute Gasteiger partial charge is 0.340 e. The van der Waals surface area contributed by atoms with E-state index >= 15 is 0 Å². The van der Waals surface area contributed by atoms with E-state index in [1.807, 2.05) is 25.3 Å². The third-order valence-corrected chi connectivity index (χ3v) is 5.71. The molecule has 4 aromatic rings. The predicted molar refractivity (Wildman–Crippen MR) is 124 cm³/mol. The van der Waals surface area contributed by atoms with Crippen molar-refractivity contribution in [3.05, 3.63) is 76.4 Å². The molecule has 0 fully saturated rings. The third-order valence-electron chi connectivity index (χ3n) is 5.71. The molecule has 0 saturated carbocycles. The van der Waals surface area contributed by atoms with Crippen molar-refractivity contribution < 1.29 is 23.9 Å². The van der Waals surface area contributed by atoms with E-state index in [1.54, 1.807) is 48.1 Å². The summed E-state index contributed by atoms with van der Waals surface area (Å²) in [7, 11) is 3.11. The van der Waals surface area contributed by atoms with Crippen LogP contribution in [0.3, 0.4) is 0 Å². The summed E-state index contributed by atoms with van der Waals surface area (Å²) in [6, 6.07) is 10.3. The van der Waals surface area contributed by atoms with Crippen molar-refractivity contribution in [3.63, 3.8) is 0 Å². The van der Waals surface area contributed by atoms with Gasteiger partial charge in [0.05, 0.1) is 23.9 Å². The molecule has 0 bridgehead atoms. The molecule has 3 aromatic heterocycles. The van der Waals surface area contributed by atoms with Gasteiger partial charge in [-0.3, -0.25) is 9.48 Å². The average molecular weight is 460 g/mol. The zero-order valence-electron chi connectivity index (χ0n) is 19.6. The first-order chi connectivity index (χ1) is 16.2. The molecule has 34 heavy (non-hydrogen) atoms. The Hall–Kier alpha value is -4.27. The number of ether oxygens (including phenoxy) is 2. The molecule has 0 aliphatic rings. The number of hydrogen-bond acceptors (Lipinski definition) is 7. The van der Waals surface area contributed by atoms with Crippen molar-refractivity contribution in [2.75, 3.05) is 13.7 Å². The summed E-state index contributed by atoms with van der Waals surface area (Å²) in [5.74, 6) is -1.36. The van der Waals surface area contributed by atoms with Gasteiger partial charge in [-0.25, -0.2) is 14.6 Å². The second kappa shape index (κ2) is 8.93. The quantitative estimate of drug-likeness (QED) is 0.320. The van der Waals surface area contributed by atoms with Crippen molar-refractivity contribution in [1.29, 1.82) is 0 Å². The number of nitrogens with zero attached hydrogens (tertiary/aromatic N) is 4. The fourth-order valence-corrected chi connectivity index (χ4v) is 4.02. The maximum atomic E-state index is 12.9. The van der Waals surface area contributed by atoms with Crippen LogP contribution in [0.25, 0.3) is 16.7 Å². The number of fused-ring (bicyclic) bond motifs is 1. The minimum absolute atomic E-state index is 0.257. The molecule has 0 atom stereocenters. The number of rotatable bonds is 6. The molecule has 174 valence electrons. The molecule has 0 aliphatic heterocycles. The van der Waals surface area contributed by atoms with Crippen molar-refractivity contribution in [3.8, 4) is 5.69 Å². The SMILES string of the molecule is COC(=O)c1ccc(-n2c(C)cc(C(=O)COC(=O)c3cnc4c(c3)c(C)nn4C)c2C)cc1. The van der Waals surface area contributed by atoms with Gasteiger partial charge in [-0.1, -0.05) is 0 Å². The topological polar surface area (TPSA) is 105 Å². The Kier molecular flexibility index (Phi) is 6.02. The summed E-state index contributed by atoms with van der Waals surface area (Å²) in [4.78, 5) is 41.4. The number of carbonyl (C=O) groups is 3. The lowest BCUT2D eigenvalue weighted by molar-refractivity contribution is 0.0474. The summed E-state index contributed by atoms with van der Waals surface area (Å²) in [6.07, 6.45) is 1.42. The molecular weight excluding hydrogens is 436 g/mol. The van der Waals surface area contributed by atoms with Gasteiger partial charge in [-0.05, 0) is 57.2 Å². The van der Waals surface area contributed by atoms with Crippen LogP contribution in [-0.4, -0.2) is 50.8 Å². The first kappa shape index (κ1) is 22.9. The van der Waals surface area contributed by atoms with Crippen LogP contribution >= 0.6 is 0 Å². The Labute approximate surface area is 195 Å². The van der Waals surface area contributed by atoms with Crippen molar-refractivity contribution in [1.82, 2.24) is 19.3 Å². The molecule has 0 amide bonds. The summed E-state index contributed by atoms with van der Waals surface area (Å²) < 4.78 is 13.6. The monoisotopic (exact) mass is 460 g/mol. The van der Waals surface area contributed by atoms with Gasteiger partial charge in [0, 0.05) is 41.3 Å². The van der Waals surface area contributed by atoms with E-state index in [9.17, 15) is 14.4 Å². The van der Waals surface area contributed by atoms with Crippen LogP contribution in [0.1, 0.15) is 48.2 Å². The summed E-state index contributed by atoms with van der Waals surface area (Å²) in [6.45, 7) is 5.14. The summed E-state index contributed by atoms with van der Waals surface area (Å²) >= 11 is 0. The lowest BCUT2D eigenvalue weighted by Crippen LogP contribution is -2.15. The fourth-order valence-electron chi connectivity index (χ4n) is 4.02. The Balaban J connectivity index is 1.50. The lowest BCUT2D eigenvalue weighted by Gasteiger charge is -2.11. The number of benzene rings is 1. The van der Waals surface area contributed by atoms with Gasteiger partial charge in [0.2, 0.25) is 5.78 Å². The second-order valence-electron chi connectivity index (χ2n) is 7.96. The van der Waals surface area contributed by atoms with Gasteiger partial charge < -0.3 is 14.0 Å². The molecule has 3 heterocycles. The van der Waals surface area contributed by atoms with Crippen LogP contribution < -0.4 is 0 Å². The molecular formula is C25H24N4O5. The standard InChI is InChI=1S/C25H24N4O5/c1-14-10-21(16(3)29(14)19-8-6-17(7-9-19)24(31)33-5)22(30)13-34-25(32)18-11-20-15(2)27-28(4)23(20)26-12-18/h6-12H,13H2,1-5H3. The zero-order chi connectivity index (χ0) is 24.6. The number of hydrogen-bond donors (Lipinski definition) is 0. The molecule has 0 spiro atoms. The number of aryl methyl sites for hydroxylation is 3. The highest BCUT2D eigenvalue weighted by atomic mass is 16.5. The Morgan fingerprint density at radius 2 is 1.68 bits per heavy atom. The summed E-state index contributed by atoms with van der Waals surface area (Å²) in [5.41, 5.74) is 4.90. The molecule has 0 N–H and O–H groups in total. The van der Waals surface area contributed by atoms with E-state index < -0.39 is 18.5 Å². The molecule has 0 aliphatic carbocycles. The minimum atomic E-state index is -0.627. The fraction of sp³-hybridized carbons (Fsp3) is 0.240. The molecule has 9 nitrogen and oxygen atoms in total. The van der Waals surface area contributed by atoms with Crippen LogP contribution in [0.4, 0.5) is 0 Å². The predicted octanol–water partition coefficient (Wildman–Crippen LogP) is 3.51. The lowest BCUT2D eigenvalue weighted by atomic mass is 10.1. The van der Waals surface area contributed by atoms with Gasteiger partial charge in [-0.2, -0.15) is 5.10 Å². The molecule has 0 radical (unpaired) electrons. The number of methoxy groups -OCH3 is 1. The average Bonchev–Trinajstić information content (AvgIpc) is 3.30. The first-order valence-corrected chi connectivity index (χ1v) is 10.6. The van der Waals surface area contributed by atoms with Crippen molar-refractivity contribution in [2.24, 2.45) is 7.05 Å². The molecule has 0 unspecified atom stereocenters. The molecule has 4 rings (SSSR count). The Morgan fingerprint density at radius 1 is 0.971 bits per heavy atom. The number of aromatic nitrogens is 4. The Bertz CT molecular complexity index is 1430. The van der Waals surface area contributed by atoms with Crippen molar-refractivity contribution >= 4 is 28.8 Å². The molecule has 0 saturated heterocycles. The van der Waals surface area contributed by atoms with E-state index in [2.05, 4.69) is 10.1 Å². The van der Waals surface area contributed by atoms with Crippen molar-refractivity contribution in [2.45, 2.75) is 20.8 Å². The van der Waals surface area contributed by atoms with Crippen LogP contribution in [0, 0.1) is 20.8 Å². The van der Waals surface area contributed by atoms with Crippen LogP contribution in [0.15, 0.2) is 42.6 Å². The maximum absolute atomic E-state index is 12.9. The highest BCUT2D eigenvalue weighted by Gasteiger charge is 2.20. The van der Waals surface area contributed by atoms with Gasteiger partial charge >= 0.3 is 11.9 Å². The molecule has 9 heteroatoms. The van der Waals surface area contributed by atoms with Gasteiger partial charge in [0.25, 0.3) is 0 Å². The van der Waals surface area contributed by atoms with E-state index in [-0.39, 0.29) is 11.3 Å². The van der Waals surface area contributed by atoms with E-state index in [0.717, 1.165) is 22.5 Å². The van der Waals surface area contributed by atoms with E-state index in [0.29, 0.717) is 22.5 Å². The Morgan fingerprint density at radius 3 is 2.35 bits per heavy atom. The number of ketones is 1. The van der Waals surface area contributed by atoms with Gasteiger partial charge in [0.15, 0.2) is 12.3 Å².